The lowest BCUT2D eigenvalue weighted by Gasteiger charge is -2.37. The Kier molecular flexibility index (Phi) is 8.05. The number of benzene rings is 2. The number of methoxy groups -OCH3 is 2. The molecule has 2 N–H and O–H groups in total. The van der Waals surface area contributed by atoms with Gasteiger partial charge in [-0.1, -0.05) is 12.1 Å². The van der Waals surface area contributed by atoms with Gasteiger partial charge in [0.25, 0.3) is 0 Å². The second-order valence-electron chi connectivity index (χ2n) is 10.6. The van der Waals surface area contributed by atoms with E-state index in [1.165, 1.54) is 0 Å². The molecule has 0 saturated heterocycles. The predicted octanol–water partition coefficient (Wildman–Crippen LogP) is 5.66. The maximum Gasteiger partial charge on any atom is 0.337 e. The highest BCUT2D eigenvalue weighted by Gasteiger charge is 2.42. The number of esters is 1. The number of rotatable bonds is 8. The van der Waals surface area contributed by atoms with Crippen LogP contribution in [0.5, 0.6) is 23.0 Å². The Morgan fingerprint density at radius 3 is 2.38 bits per heavy atom. The molecule has 0 aromatic heterocycles. The zero-order chi connectivity index (χ0) is 28.4. The molecule has 0 unspecified atom stereocenters. The third-order valence-electron chi connectivity index (χ3n) is 8.12. The van der Waals surface area contributed by atoms with Crippen LogP contribution in [-0.2, 0) is 14.3 Å². The first kappa shape index (κ1) is 27.6. The molecule has 1 saturated carbocycles. The van der Waals surface area contributed by atoms with Crippen LogP contribution in [0.3, 0.4) is 0 Å². The summed E-state index contributed by atoms with van der Waals surface area (Å²) in [4.78, 5) is 27.6. The highest BCUT2D eigenvalue weighted by molar-refractivity contribution is 6.04. The molecular weight excluding hydrogens is 510 g/mol. The maximum absolute atomic E-state index is 14.0. The molecule has 1 heterocycles. The van der Waals surface area contributed by atoms with E-state index in [-0.39, 0.29) is 30.0 Å². The van der Waals surface area contributed by atoms with Crippen molar-refractivity contribution in [3.8, 4) is 23.0 Å². The second kappa shape index (κ2) is 11.7. The SMILES string of the molecule is CCOc1cc([C@@H]2C(C(=O)OC3CCCC3)=C(C)NC3=C2C(=O)C[C@@H](c2ccc(OC)c(OC)c2)C3)ccc1O. The molecule has 2 aromatic carbocycles. The smallest absolute Gasteiger partial charge is 0.337 e. The minimum absolute atomic E-state index is 0.00742. The number of dihydropyridines is 1. The Labute approximate surface area is 235 Å². The fourth-order valence-electron chi connectivity index (χ4n) is 6.19. The molecule has 1 aliphatic heterocycles. The summed E-state index contributed by atoms with van der Waals surface area (Å²) in [7, 11) is 3.19. The van der Waals surface area contributed by atoms with E-state index in [1.807, 2.05) is 32.0 Å². The minimum Gasteiger partial charge on any atom is -0.504 e. The Bertz CT molecular complexity index is 1370. The molecule has 40 heavy (non-hydrogen) atoms. The van der Waals surface area contributed by atoms with E-state index in [0.717, 1.165) is 36.9 Å². The molecule has 5 rings (SSSR count). The van der Waals surface area contributed by atoms with Crippen molar-refractivity contribution in [2.24, 2.45) is 0 Å². The number of aromatic hydroxyl groups is 1. The standard InChI is InChI=1S/C32H37NO7/c1-5-39-27-17-20(10-12-24(27)34)30-29(32(36)40-22-8-6-7-9-22)18(2)33-23-14-21(15-25(35)31(23)30)19-11-13-26(37-3)28(16-19)38-4/h10-13,16-17,21-22,30,33-34H,5-9,14-15H2,1-4H3/t21-,30+/m0/s1. The molecule has 0 radical (unpaired) electrons. The second-order valence-corrected chi connectivity index (χ2v) is 10.6. The number of phenols is 1. The average molecular weight is 548 g/mol. The topological polar surface area (TPSA) is 103 Å². The van der Waals surface area contributed by atoms with E-state index in [1.54, 1.807) is 32.4 Å². The van der Waals surface area contributed by atoms with Gasteiger partial charge in [0.2, 0.25) is 0 Å². The number of allylic oxidation sites excluding steroid dienone is 3. The van der Waals surface area contributed by atoms with Crippen molar-refractivity contribution in [3.05, 3.63) is 70.1 Å². The number of hydrogen-bond donors (Lipinski definition) is 2. The van der Waals surface area contributed by atoms with Crippen LogP contribution in [0.25, 0.3) is 0 Å². The lowest BCUT2D eigenvalue weighted by atomic mass is 9.71. The van der Waals surface area contributed by atoms with Crippen LogP contribution < -0.4 is 19.5 Å². The highest BCUT2D eigenvalue weighted by Crippen LogP contribution is 2.47. The molecule has 1 fully saturated rings. The molecule has 0 spiro atoms. The summed E-state index contributed by atoms with van der Waals surface area (Å²) in [5, 5.41) is 13.8. The average Bonchev–Trinajstić information content (AvgIpc) is 3.46. The van der Waals surface area contributed by atoms with Crippen LogP contribution >= 0.6 is 0 Å². The molecule has 2 atom stereocenters. The number of carbonyl (C=O) groups excluding carboxylic acids is 2. The van der Waals surface area contributed by atoms with E-state index >= 15 is 0 Å². The largest absolute Gasteiger partial charge is 0.504 e. The van der Waals surface area contributed by atoms with Crippen LogP contribution in [-0.4, -0.2) is 43.8 Å². The molecule has 8 heteroatoms. The number of nitrogens with one attached hydrogen (secondary N) is 1. The van der Waals surface area contributed by atoms with Crippen molar-refractivity contribution in [2.75, 3.05) is 20.8 Å². The van der Waals surface area contributed by atoms with Gasteiger partial charge in [-0.25, -0.2) is 4.79 Å². The lowest BCUT2D eigenvalue weighted by Crippen LogP contribution is -2.36. The Balaban J connectivity index is 1.56. The molecule has 0 bridgehead atoms. The molecule has 8 nitrogen and oxygen atoms in total. The van der Waals surface area contributed by atoms with Crippen molar-refractivity contribution < 1.29 is 33.6 Å². The number of phenolic OH excluding ortho intramolecular Hbond substituents is 1. The van der Waals surface area contributed by atoms with Gasteiger partial charge in [0.15, 0.2) is 28.8 Å². The van der Waals surface area contributed by atoms with Gasteiger partial charge < -0.3 is 29.4 Å². The monoisotopic (exact) mass is 547 g/mol. The summed E-state index contributed by atoms with van der Waals surface area (Å²) in [5.41, 5.74) is 4.13. The van der Waals surface area contributed by atoms with Crippen molar-refractivity contribution in [2.45, 2.75) is 70.3 Å². The first-order chi connectivity index (χ1) is 19.3. The van der Waals surface area contributed by atoms with Gasteiger partial charge in [0.1, 0.15) is 6.10 Å². The number of carbonyl (C=O) groups is 2. The van der Waals surface area contributed by atoms with Crippen molar-refractivity contribution >= 4 is 11.8 Å². The molecule has 3 aliphatic rings. The zero-order valence-corrected chi connectivity index (χ0v) is 23.5. The van der Waals surface area contributed by atoms with Crippen LogP contribution in [0, 0.1) is 0 Å². The van der Waals surface area contributed by atoms with Gasteiger partial charge in [-0.05, 0) is 87.3 Å². The molecular formula is C32H37NO7. The summed E-state index contributed by atoms with van der Waals surface area (Å²) >= 11 is 0. The fraction of sp³-hybridized carbons (Fsp3) is 0.438. The number of Topliss-reactive ketones (excluding diaryl/α,β-unsaturated/α-hetero) is 1. The van der Waals surface area contributed by atoms with E-state index in [2.05, 4.69) is 5.32 Å². The normalized spacial score (nSPS) is 21.1. The number of ether oxygens (including phenoxy) is 4. The van der Waals surface area contributed by atoms with Crippen LogP contribution in [0.15, 0.2) is 58.9 Å². The van der Waals surface area contributed by atoms with Crippen LogP contribution in [0.2, 0.25) is 0 Å². The molecule has 0 amide bonds. The maximum atomic E-state index is 14.0. The van der Waals surface area contributed by atoms with Gasteiger partial charge in [0, 0.05) is 29.3 Å². The van der Waals surface area contributed by atoms with E-state index in [9.17, 15) is 14.7 Å². The van der Waals surface area contributed by atoms with Gasteiger partial charge in [0.05, 0.1) is 26.4 Å². The Morgan fingerprint density at radius 1 is 0.975 bits per heavy atom. The van der Waals surface area contributed by atoms with Gasteiger partial charge in [-0.15, -0.1) is 0 Å². The third-order valence-corrected chi connectivity index (χ3v) is 8.12. The first-order valence-electron chi connectivity index (χ1n) is 14.0. The van der Waals surface area contributed by atoms with Gasteiger partial charge in [-0.3, -0.25) is 4.79 Å². The molecule has 2 aromatic rings. The quantitative estimate of drug-likeness (QED) is 0.409. The van der Waals surface area contributed by atoms with Crippen LogP contribution in [0.1, 0.15) is 75.3 Å². The highest BCUT2D eigenvalue weighted by atomic mass is 16.5. The predicted molar refractivity (Wildman–Crippen MR) is 150 cm³/mol. The van der Waals surface area contributed by atoms with E-state index in [4.69, 9.17) is 18.9 Å². The molecule has 212 valence electrons. The summed E-state index contributed by atoms with van der Waals surface area (Å²) in [6.07, 6.45) is 4.54. The fourth-order valence-corrected chi connectivity index (χ4v) is 6.19. The third kappa shape index (κ3) is 5.27. The summed E-state index contributed by atoms with van der Waals surface area (Å²) in [6.45, 7) is 4.07. The summed E-state index contributed by atoms with van der Waals surface area (Å²) in [6, 6.07) is 10.8. The Hall–Kier alpha value is -3.94. The van der Waals surface area contributed by atoms with Crippen molar-refractivity contribution in [3.63, 3.8) is 0 Å². The van der Waals surface area contributed by atoms with Crippen molar-refractivity contribution in [1.29, 1.82) is 0 Å². The summed E-state index contributed by atoms with van der Waals surface area (Å²) < 4.78 is 22.5. The van der Waals surface area contributed by atoms with E-state index in [0.29, 0.717) is 52.7 Å². The first-order valence-corrected chi connectivity index (χ1v) is 14.0. The summed E-state index contributed by atoms with van der Waals surface area (Å²) in [5.74, 6) is 0.411. The number of hydrogen-bond acceptors (Lipinski definition) is 8. The van der Waals surface area contributed by atoms with E-state index < -0.39 is 11.9 Å². The Morgan fingerprint density at radius 2 is 1.68 bits per heavy atom. The van der Waals surface area contributed by atoms with Crippen molar-refractivity contribution in [1.82, 2.24) is 5.32 Å². The minimum atomic E-state index is -0.635. The number of ketones is 1. The van der Waals surface area contributed by atoms with Crippen LogP contribution in [0.4, 0.5) is 0 Å². The molecule has 2 aliphatic carbocycles. The zero-order valence-electron chi connectivity index (χ0n) is 23.5. The van der Waals surface area contributed by atoms with Gasteiger partial charge >= 0.3 is 5.97 Å². The van der Waals surface area contributed by atoms with Gasteiger partial charge in [-0.2, -0.15) is 0 Å². The lowest BCUT2D eigenvalue weighted by molar-refractivity contribution is -0.144.